The van der Waals surface area contributed by atoms with Crippen molar-refractivity contribution in [1.82, 2.24) is 14.8 Å². The van der Waals surface area contributed by atoms with Crippen molar-refractivity contribution in [3.05, 3.63) is 59.9 Å². The summed E-state index contributed by atoms with van der Waals surface area (Å²) >= 11 is 0. The summed E-state index contributed by atoms with van der Waals surface area (Å²) in [6.45, 7) is 0. The number of benzene rings is 2. The molecule has 0 unspecified atom stereocenters. The Hall–Kier alpha value is -3.26. The van der Waals surface area contributed by atoms with Gasteiger partial charge in [-0.15, -0.1) is 10.2 Å². The van der Waals surface area contributed by atoms with E-state index in [-0.39, 0.29) is 0 Å². The number of nitriles is 1. The number of carbonyl (C=O) groups is 1. The smallest absolute Gasteiger partial charge is 0.164 e. The number of aromatic nitrogens is 3. The van der Waals surface area contributed by atoms with E-state index in [4.69, 9.17) is 5.26 Å². The van der Waals surface area contributed by atoms with Crippen LogP contribution in [0.5, 0.6) is 0 Å². The Balaban J connectivity index is 2.25. The standard InChI is InChI=1S/C17H12N4O/c1-21-11-19-20-17(21)16-8-12(9-18)5-6-15(16)14-4-2-3-13(7-14)10-22/h2-8,10-11H,1H3. The lowest BCUT2D eigenvalue weighted by Gasteiger charge is -2.10. The maximum absolute atomic E-state index is 11.0. The third-order valence-electron chi connectivity index (χ3n) is 3.43. The second kappa shape index (κ2) is 5.62. The molecule has 22 heavy (non-hydrogen) atoms. The van der Waals surface area contributed by atoms with Crippen LogP contribution < -0.4 is 0 Å². The molecule has 3 aromatic rings. The van der Waals surface area contributed by atoms with Gasteiger partial charge in [-0.05, 0) is 29.3 Å². The van der Waals surface area contributed by atoms with E-state index in [1.54, 1.807) is 29.1 Å². The van der Waals surface area contributed by atoms with Crippen LogP contribution in [0.2, 0.25) is 0 Å². The number of aldehydes is 1. The predicted octanol–water partition coefficient (Wildman–Crippen LogP) is 2.83. The molecule has 0 saturated carbocycles. The van der Waals surface area contributed by atoms with E-state index in [0.717, 1.165) is 23.0 Å². The summed E-state index contributed by atoms with van der Waals surface area (Å²) in [4.78, 5) is 11.0. The summed E-state index contributed by atoms with van der Waals surface area (Å²) in [5.74, 6) is 0.670. The Bertz CT molecular complexity index is 890. The van der Waals surface area contributed by atoms with Gasteiger partial charge in [0, 0.05) is 18.2 Å². The quantitative estimate of drug-likeness (QED) is 0.695. The summed E-state index contributed by atoms with van der Waals surface area (Å²) in [7, 11) is 1.85. The monoisotopic (exact) mass is 288 g/mol. The van der Waals surface area contributed by atoms with Crippen LogP contribution in [0.3, 0.4) is 0 Å². The van der Waals surface area contributed by atoms with Crippen molar-refractivity contribution in [2.24, 2.45) is 7.05 Å². The molecule has 0 aliphatic heterocycles. The molecule has 0 bridgehead atoms. The lowest BCUT2D eigenvalue weighted by Crippen LogP contribution is -1.95. The van der Waals surface area contributed by atoms with E-state index in [1.807, 2.05) is 31.3 Å². The first kappa shape index (κ1) is 13.7. The van der Waals surface area contributed by atoms with Gasteiger partial charge in [0.2, 0.25) is 0 Å². The summed E-state index contributed by atoms with van der Waals surface area (Å²) in [5.41, 5.74) is 3.76. The van der Waals surface area contributed by atoms with E-state index in [0.29, 0.717) is 17.0 Å². The van der Waals surface area contributed by atoms with Crippen molar-refractivity contribution < 1.29 is 4.79 Å². The average molecular weight is 288 g/mol. The zero-order valence-electron chi connectivity index (χ0n) is 11.9. The highest BCUT2D eigenvalue weighted by Crippen LogP contribution is 2.31. The molecule has 2 aromatic carbocycles. The van der Waals surface area contributed by atoms with Gasteiger partial charge in [0.1, 0.15) is 12.6 Å². The molecule has 0 radical (unpaired) electrons. The summed E-state index contributed by atoms with van der Waals surface area (Å²) in [6, 6.07) is 14.9. The van der Waals surface area contributed by atoms with Crippen LogP contribution in [0.25, 0.3) is 22.5 Å². The van der Waals surface area contributed by atoms with Gasteiger partial charge in [-0.3, -0.25) is 4.79 Å². The summed E-state index contributed by atoms with van der Waals surface area (Å²) in [6.07, 6.45) is 2.43. The van der Waals surface area contributed by atoms with Crippen LogP contribution in [0.1, 0.15) is 15.9 Å². The van der Waals surface area contributed by atoms with E-state index < -0.39 is 0 Å². The second-order valence-electron chi connectivity index (χ2n) is 4.88. The van der Waals surface area contributed by atoms with Crippen LogP contribution in [-0.4, -0.2) is 21.1 Å². The normalized spacial score (nSPS) is 10.2. The van der Waals surface area contributed by atoms with Crippen LogP contribution in [0.15, 0.2) is 48.8 Å². The highest BCUT2D eigenvalue weighted by atomic mass is 16.1. The first-order valence-corrected chi connectivity index (χ1v) is 6.67. The van der Waals surface area contributed by atoms with Gasteiger partial charge in [0.05, 0.1) is 11.6 Å². The van der Waals surface area contributed by atoms with E-state index >= 15 is 0 Å². The highest BCUT2D eigenvalue weighted by molar-refractivity contribution is 5.85. The number of hydrogen-bond acceptors (Lipinski definition) is 4. The average Bonchev–Trinajstić information content (AvgIpc) is 3.00. The Morgan fingerprint density at radius 1 is 1.18 bits per heavy atom. The van der Waals surface area contributed by atoms with Crippen molar-refractivity contribution in [2.45, 2.75) is 0 Å². The second-order valence-corrected chi connectivity index (χ2v) is 4.88. The Labute approximate surface area is 127 Å². The molecular formula is C17H12N4O. The predicted molar refractivity (Wildman–Crippen MR) is 82.0 cm³/mol. The lowest BCUT2D eigenvalue weighted by molar-refractivity contribution is 0.112. The first-order valence-electron chi connectivity index (χ1n) is 6.67. The summed E-state index contributed by atoms with van der Waals surface area (Å²) < 4.78 is 1.80. The zero-order chi connectivity index (χ0) is 15.5. The lowest BCUT2D eigenvalue weighted by atomic mass is 9.96. The number of rotatable bonds is 3. The van der Waals surface area contributed by atoms with Crippen LogP contribution >= 0.6 is 0 Å². The van der Waals surface area contributed by atoms with Gasteiger partial charge in [-0.25, -0.2) is 0 Å². The largest absolute Gasteiger partial charge is 0.317 e. The van der Waals surface area contributed by atoms with Gasteiger partial charge in [0.25, 0.3) is 0 Å². The zero-order valence-corrected chi connectivity index (χ0v) is 11.9. The Morgan fingerprint density at radius 2 is 2.05 bits per heavy atom. The number of carbonyl (C=O) groups excluding carboxylic acids is 1. The number of aryl methyl sites for hydroxylation is 1. The van der Waals surface area contributed by atoms with Crippen LogP contribution in [-0.2, 0) is 7.05 Å². The molecule has 1 aromatic heterocycles. The SMILES string of the molecule is Cn1cnnc1-c1cc(C#N)ccc1-c1cccc(C=O)c1. The van der Waals surface area contributed by atoms with E-state index in [9.17, 15) is 4.79 Å². The van der Waals surface area contributed by atoms with Gasteiger partial charge < -0.3 is 4.57 Å². The molecule has 0 aliphatic carbocycles. The topological polar surface area (TPSA) is 71.6 Å². The van der Waals surface area contributed by atoms with Gasteiger partial charge in [0.15, 0.2) is 5.82 Å². The Morgan fingerprint density at radius 3 is 2.73 bits per heavy atom. The molecule has 0 atom stereocenters. The number of nitrogens with zero attached hydrogens (tertiary/aromatic N) is 4. The van der Waals surface area contributed by atoms with Gasteiger partial charge in [-0.2, -0.15) is 5.26 Å². The molecule has 0 saturated heterocycles. The van der Waals surface area contributed by atoms with Crippen molar-refractivity contribution in [2.75, 3.05) is 0 Å². The fourth-order valence-electron chi connectivity index (χ4n) is 2.36. The fourth-order valence-corrected chi connectivity index (χ4v) is 2.36. The maximum Gasteiger partial charge on any atom is 0.164 e. The molecule has 106 valence electrons. The van der Waals surface area contributed by atoms with Crippen molar-refractivity contribution >= 4 is 6.29 Å². The molecule has 0 amide bonds. The van der Waals surface area contributed by atoms with E-state index in [1.165, 1.54) is 0 Å². The number of hydrogen-bond donors (Lipinski definition) is 0. The van der Waals surface area contributed by atoms with Crippen molar-refractivity contribution in [3.63, 3.8) is 0 Å². The van der Waals surface area contributed by atoms with Crippen LogP contribution in [0.4, 0.5) is 0 Å². The van der Waals surface area contributed by atoms with Gasteiger partial charge in [-0.1, -0.05) is 24.3 Å². The minimum Gasteiger partial charge on any atom is -0.317 e. The first-order chi connectivity index (χ1) is 10.7. The third-order valence-corrected chi connectivity index (χ3v) is 3.43. The molecular weight excluding hydrogens is 276 g/mol. The molecule has 5 nitrogen and oxygen atoms in total. The van der Waals surface area contributed by atoms with Crippen molar-refractivity contribution in [1.29, 1.82) is 5.26 Å². The highest BCUT2D eigenvalue weighted by Gasteiger charge is 2.13. The molecule has 0 fully saturated rings. The molecule has 5 heteroatoms. The molecule has 0 spiro atoms. The third kappa shape index (κ3) is 2.38. The summed E-state index contributed by atoms with van der Waals surface area (Å²) in [5, 5.41) is 17.2. The molecule has 1 heterocycles. The maximum atomic E-state index is 11.0. The van der Waals surface area contributed by atoms with E-state index in [2.05, 4.69) is 16.3 Å². The molecule has 0 N–H and O–H groups in total. The minimum absolute atomic E-state index is 0.549. The molecule has 3 rings (SSSR count). The molecule has 0 aliphatic rings. The van der Waals surface area contributed by atoms with Crippen LogP contribution in [0, 0.1) is 11.3 Å². The fraction of sp³-hybridized carbons (Fsp3) is 0.0588. The Kier molecular flexibility index (Phi) is 3.50. The van der Waals surface area contributed by atoms with Crippen molar-refractivity contribution in [3.8, 4) is 28.6 Å². The minimum atomic E-state index is 0.549. The van der Waals surface area contributed by atoms with Gasteiger partial charge >= 0.3 is 0 Å².